The fourth-order valence-electron chi connectivity index (χ4n) is 2.96. The number of carbonyl (C=O) groups is 1. The van der Waals surface area contributed by atoms with Gasteiger partial charge in [-0.05, 0) is 43.5 Å². The minimum absolute atomic E-state index is 0.247. The number of anilines is 1. The molecule has 1 fully saturated rings. The molecule has 0 atom stereocenters. The highest BCUT2D eigenvalue weighted by molar-refractivity contribution is 7.89. The first kappa shape index (κ1) is 17.6. The van der Waals surface area contributed by atoms with Crippen molar-refractivity contribution in [2.24, 2.45) is 0 Å². The normalized spacial score (nSPS) is 16.4. The van der Waals surface area contributed by atoms with Crippen LogP contribution >= 0.6 is 0 Å². The minimum atomic E-state index is -3.57. The number of aryl methyl sites for hydroxylation is 1. The van der Waals surface area contributed by atoms with Gasteiger partial charge in [0.2, 0.25) is 10.0 Å². The molecule has 1 aliphatic rings. The maximum absolute atomic E-state index is 13.0. The Hall–Kier alpha value is -2.19. The van der Waals surface area contributed by atoms with E-state index in [1.54, 1.807) is 29.4 Å². The predicted molar refractivity (Wildman–Crippen MR) is 94.9 cm³/mol. The topological polar surface area (TPSA) is 95.2 Å². The van der Waals surface area contributed by atoms with Crippen LogP contribution in [0.2, 0.25) is 0 Å². The number of carbonyl (C=O) groups excluding carboxylic acids is 1. The smallest absolute Gasteiger partial charge is 0.273 e. The van der Waals surface area contributed by atoms with Gasteiger partial charge in [-0.15, -0.1) is 0 Å². The number of amides is 1. The monoisotopic (exact) mass is 362 g/mol. The molecule has 25 heavy (non-hydrogen) atoms. The summed E-state index contributed by atoms with van der Waals surface area (Å²) in [6, 6.07) is 6.50. The lowest BCUT2D eigenvalue weighted by Gasteiger charge is -2.21. The van der Waals surface area contributed by atoms with Gasteiger partial charge in [-0.25, -0.2) is 8.42 Å². The fraction of sp³-hybridized carbons (Fsp3) is 0.412. The van der Waals surface area contributed by atoms with E-state index >= 15 is 0 Å². The van der Waals surface area contributed by atoms with Gasteiger partial charge in [0.1, 0.15) is 5.69 Å². The largest absolute Gasteiger partial charge is 0.321 e. The van der Waals surface area contributed by atoms with Crippen molar-refractivity contribution < 1.29 is 13.2 Å². The number of rotatable bonds is 4. The van der Waals surface area contributed by atoms with E-state index in [4.69, 9.17) is 0 Å². The van der Waals surface area contributed by atoms with Gasteiger partial charge in [-0.2, -0.15) is 9.40 Å². The zero-order valence-corrected chi connectivity index (χ0v) is 15.0. The van der Waals surface area contributed by atoms with Gasteiger partial charge < -0.3 is 5.32 Å². The van der Waals surface area contributed by atoms with Gasteiger partial charge in [0.25, 0.3) is 5.91 Å². The van der Waals surface area contributed by atoms with E-state index in [9.17, 15) is 13.2 Å². The summed E-state index contributed by atoms with van der Waals surface area (Å²) in [6.07, 6.45) is 5.37. The molecule has 1 aromatic heterocycles. The Morgan fingerprint density at radius 2 is 1.88 bits per heavy atom. The molecule has 0 unspecified atom stereocenters. The van der Waals surface area contributed by atoms with Crippen LogP contribution in [0.25, 0.3) is 0 Å². The van der Waals surface area contributed by atoms with Crippen LogP contribution in [0.15, 0.2) is 35.4 Å². The Kier molecular flexibility index (Phi) is 5.19. The number of benzene rings is 1. The summed E-state index contributed by atoms with van der Waals surface area (Å²) in [5.74, 6) is -0.362. The van der Waals surface area contributed by atoms with Crippen molar-refractivity contribution in [2.45, 2.75) is 37.5 Å². The summed E-state index contributed by atoms with van der Waals surface area (Å²) in [4.78, 5) is 12.4. The summed E-state index contributed by atoms with van der Waals surface area (Å²) < 4.78 is 27.6. The van der Waals surface area contributed by atoms with E-state index in [1.807, 2.05) is 0 Å². The highest BCUT2D eigenvalue weighted by atomic mass is 32.2. The van der Waals surface area contributed by atoms with Crippen molar-refractivity contribution in [3.63, 3.8) is 0 Å². The highest BCUT2D eigenvalue weighted by Gasteiger charge is 2.27. The zero-order valence-electron chi connectivity index (χ0n) is 14.2. The number of nitrogens with zero attached hydrogens (tertiary/aromatic N) is 2. The van der Waals surface area contributed by atoms with Gasteiger partial charge in [-0.3, -0.25) is 9.89 Å². The molecule has 1 saturated heterocycles. The van der Waals surface area contributed by atoms with E-state index in [0.717, 1.165) is 25.7 Å². The molecule has 134 valence electrons. The lowest BCUT2D eigenvalue weighted by atomic mass is 10.2. The molecule has 1 aliphatic heterocycles. The third-order valence-electron chi connectivity index (χ3n) is 4.37. The van der Waals surface area contributed by atoms with Crippen molar-refractivity contribution in [3.8, 4) is 0 Å². The molecule has 0 bridgehead atoms. The number of hydrogen-bond acceptors (Lipinski definition) is 4. The summed E-state index contributed by atoms with van der Waals surface area (Å²) >= 11 is 0. The van der Waals surface area contributed by atoms with Crippen LogP contribution < -0.4 is 5.32 Å². The average molecular weight is 362 g/mol. The van der Waals surface area contributed by atoms with Crippen molar-refractivity contribution in [1.29, 1.82) is 0 Å². The Bertz CT molecular complexity index is 839. The van der Waals surface area contributed by atoms with E-state index in [2.05, 4.69) is 15.5 Å². The van der Waals surface area contributed by atoms with E-state index in [0.29, 0.717) is 30.0 Å². The van der Waals surface area contributed by atoms with Crippen LogP contribution in [-0.2, 0) is 10.0 Å². The molecular weight excluding hydrogens is 340 g/mol. The molecule has 0 radical (unpaired) electrons. The van der Waals surface area contributed by atoms with Crippen molar-refractivity contribution in [1.82, 2.24) is 14.5 Å². The molecule has 0 aliphatic carbocycles. The number of aromatic amines is 1. The fourth-order valence-corrected chi connectivity index (χ4v) is 4.73. The Morgan fingerprint density at radius 3 is 2.52 bits per heavy atom. The van der Waals surface area contributed by atoms with E-state index < -0.39 is 10.0 Å². The molecule has 1 aromatic carbocycles. The molecule has 0 spiro atoms. The maximum Gasteiger partial charge on any atom is 0.273 e. The van der Waals surface area contributed by atoms with Gasteiger partial charge >= 0.3 is 0 Å². The molecule has 7 nitrogen and oxygen atoms in total. The SMILES string of the molecule is Cc1ccc(NC(=O)c2ccn[nH]2)cc1S(=O)(=O)N1CCCCCC1. The first-order valence-corrected chi connectivity index (χ1v) is 9.84. The summed E-state index contributed by atoms with van der Waals surface area (Å²) in [7, 11) is -3.57. The number of hydrogen-bond donors (Lipinski definition) is 2. The summed E-state index contributed by atoms with van der Waals surface area (Å²) in [5, 5.41) is 9.03. The summed E-state index contributed by atoms with van der Waals surface area (Å²) in [6.45, 7) is 2.87. The van der Waals surface area contributed by atoms with Crippen LogP contribution in [0, 0.1) is 6.92 Å². The standard InChI is InChI=1S/C17H22N4O3S/c1-13-6-7-14(19-17(22)15-8-9-18-20-15)12-16(13)25(23,24)21-10-4-2-3-5-11-21/h6-9,12H,2-5,10-11H2,1H3,(H,18,20)(H,19,22). The first-order chi connectivity index (χ1) is 12.0. The first-order valence-electron chi connectivity index (χ1n) is 8.40. The van der Waals surface area contributed by atoms with Crippen LogP contribution in [0.1, 0.15) is 41.7 Å². The van der Waals surface area contributed by atoms with Crippen LogP contribution in [0.4, 0.5) is 5.69 Å². The summed E-state index contributed by atoms with van der Waals surface area (Å²) in [5.41, 5.74) is 1.43. The predicted octanol–water partition coefficient (Wildman–Crippen LogP) is 2.54. The zero-order chi connectivity index (χ0) is 17.9. The lowest BCUT2D eigenvalue weighted by Crippen LogP contribution is -2.32. The van der Waals surface area contributed by atoms with Gasteiger partial charge in [0.15, 0.2) is 0 Å². The van der Waals surface area contributed by atoms with Crippen LogP contribution in [0.5, 0.6) is 0 Å². The van der Waals surface area contributed by atoms with Gasteiger partial charge in [0.05, 0.1) is 4.90 Å². The molecule has 2 N–H and O–H groups in total. The van der Waals surface area contributed by atoms with Crippen molar-refractivity contribution in [3.05, 3.63) is 41.7 Å². The van der Waals surface area contributed by atoms with Crippen molar-refractivity contribution in [2.75, 3.05) is 18.4 Å². The Balaban J connectivity index is 1.87. The Labute approximate surface area is 147 Å². The van der Waals surface area contributed by atoms with E-state index in [1.165, 1.54) is 12.3 Å². The molecule has 2 heterocycles. The van der Waals surface area contributed by atoms with Gasteiger partial charge in [-0.1, -0.05) is 18.9 Å². The highest BCUT2D eigenvalue weighted by Crippen LogP contribution is 2.26. The quantitative estimate of drug-likeness (QED) is 0.874. The van der Waals surface area contributed by atoms with Gasteiger partial charge in [0, 0.05) is 25.0 Å². The second kappa shape index (κ2) is 7.37. The maximum atomic E-state index is 13.0. The van der Waals surface area contributed by atoms with Crippen molar-refractivity contribution >= 4 is 21.6 Å². The third kappa shape index (κ3) is 3.91. The lowest BCUT2D eigenvalue weighted by molar-refractivity contribution is 0.102. The number of aromatic nitrogens is 2. The molecule has 2 aromatic rings. The molecule has 8 heteroatoms. The second-order valence-electron chi connectivity index (χ2n) is 6.22. The second-order valence-corrected chi connectivity index (χ2v) is 8.13. The number of nitrogens with one attached hydrogen (secondary N) is 2. The molecule has 1 amide bonds. The Morgan fingerprint density at radius 1 is 1.16 bits per heavy atom. The number of H-pyrrole nitrogens is 1. The molecule has 0 saturated carbocycles. The molecule has 3 rings (SSSR count). The number of sulfonamides is 1. The van der Waals surface area contributed by atoms with Crippen LogP contribution in [-0.4, -0.2) is 41.9 Å². The van der Waals surface area contributed by atoms with E-state index in [-0.39, 0.29) is 10.8 Å². The average Bonchev–Trinajstić information content (AvgIpc) is 2.98. The molecular formula is C17H22N4O3S. The minimum Gasteiger partial charge on any atom is -0.321 e. The third-order valence-corrected chi connectivity index (χ3v) is 6.41. The van der Waals surface area contributed by atoms with Crippen LogP contribution in [0.3, 0.4) is 0 Å².